The number of aromatic nitrogens is 2. The summed E-state index contributed by atoms with van der Waals surface area (Å²) < 4.78 is 17.9. The van der Waals surface area contributed by atoms with Gasteiger partial charge in [-0.1, -0.05) is 6.92 Å². The summed E-state index contributed by atoms with van der Waals surface area (Å²) in [5.41, 5.74) is 4.27. The second-order valence-electron chi connectivity index (χ2n) is 8.70. The summed E-state index contributed by atoms with van der Waals surface area (Å²) in [6, 6.07) is -0.215. The molecule has 3 rings (SSSR count). The molecule has 15 heteroatoms. The smallest absolute Gasteiger partial charge is 0.330 e. The first-order chi connectivity index (χ1) is 16.9. The predicted molar refractivity (Wildman–Crippen MR) is 136 cm³/mol. The van der Waals surface area contributed by atoms with Gasteiger partial charge in [-0.25, -0.2) is 9.59 Å². The highest BCUT2D eigenvalue weighted by atomic mass is 32.7. The fraction of sp³-hybridized carbons (Fsp3) is 0.667. The first kappa shape index (κ1) is 30.0. The molecule has 13 nitrogen and oxygen atoms in total. The summed E-state index contributed by atoms with van der Waals surface area (Å²) in [6.45, 7) is 9.47. The molecule has 1 aromatic rings. The van der Waals surface area contributed by atoms with E-state index in [2.05, 4.69) is 15.6 Å². The van der Waals surface area contributed by atoms with Gasteiger partial charge >= 0.3 is 17.7 Å². The molecule has 2 aliphatic heterocycles. The minimum absolute atomic E-state index is 0.0662. The van der Waals surface area contributed by atoms with Gasteiger partial charge in [0.15, 0.2) is 0 Å². The van der Waals surface area contributed by atoms with Crippen LogP contribution in [0.3, 0.4) is 0 Å². The normalized spacial score (nSPS) is 25.0. The van der Waals surface area contributed by atoms with E-state index in [1.165, 1.54) is 28.2 Å². The predicted octanol–water partition coefficient (Wildman–Crippen LogP) is 0.645. The minimum atomic E-state index is -0.850. The van der Waals surface area contributed by atoms with Crippen LogP contribution in [0.2, 0.25) is 0 Å². The highest BCUT2D eigenvalue weighted by Crippen LogP contribution is 2.48. The molecular weight excluding hydrogens is 513 g/mol. The highest BCUT2D eigenvalue weighted by Gasteiger charge is 2.35. The van der Waals surface area contributed by atoms with Crippen molar-refractivity contribution in [2.45, 2.75) is 64.6 Å². The van der Waals surface area contributed by atoms with E-state index < -0.39 is 42.9 Å². The molecule has 202 valence electrons. The van der Waals surface area contributed by atoms with E-state index in [9.17, 15) is 24.0 Å². The molecule has 1 aromatic heterocycles. The fourth-order valence-electron chi connectivity index (χ4n) is 3.31. The van der Waals surface area contributed by atoms with E-state index in [4.69, 9.17) is 19.7 Å². The quantitative estimate of drug-likeness (QED) is 0.194. The van der Waals surface area contributed by atoms with Crippen molar-refractivity contribution in [2.75, 3.05) is 19.0 Å². The van der Waals surface area contributed by atoms with E-state index in [1.54, 1.807) is 20.8 Å². The molecule has 6 atom stereocenters. The molecule has 0 spiro atoms. The third-order valence-electron chi connectivity index (χ3n) is 5.03. The number of urea groups is 1. The number of hydrogen-bond donors (Lipinski definition) is 4. The average molecular weight is 548 g/mol. The van der Waals surface area contributed by atoms with Gasteiger partial charge in [-0.05, 0) is 33.9 Å². The number of aromatic amines is 1. The molecule has 3 heterocycles. The maximum atomic E-state index is 11.9. The largest absolute Gasteiger partial charge is 0.462 e. The van der Waals surface area contributed by atoms with Crippen molar-refractivity contribution in [3.63, 3.8) is 0 Å². The Morgan fingerprint density at radius 3 is 2.53 bits per heavy atom. The molecule has 4 unspecified atom stereocenters. The third-order valence-corrected chi connectivity index (χ3v) is 8.24. The molecule has 5 N–H and O–H groups in total. The van der Waals surface area contributed by atoms with Crippen LogP contribution in [0.5, 0.6) is 0 Å². The fourth-order valence-corrected chi connectivity index (χ4v) is 5.84. The molecule has 0 bridgehead atoms. The van der Waals surface area contributed by atoms with Crippen LogP contribution in [-0.4, -0.2) is 70.8 Å². The van der Waals surface area contributed by atoms with Crippen molar-refractivity contribution >= 4 is 36.6 Å². The summed E-state index contributed by atoms with van der Waals surface area (Å²) in [5, 5.41) is 4.74. The Bertz CT molecular complexity index is 1030. The van der Waals surface area contributed by atoms with Gasteiger partial charge in [0.2, 0.25) is 0 Å². The molecule has 2 aliphatic rings. The van der Waals surface area contributed by atoms with Crippen molar-refractivity contribution in [3.8, 4) is 0 Å². The molecule has 2 fully saturated rings. The SMILES string of the molecule is CC(C)OC(=O)C(C)N.CC1CC(COP(C)SC[C@@H]2NC(=O)NC2=O)O[C@H]1n1ccc(=O)[nH]c1=O. The van der Waals surface area contributed by atoms with Crippen LogP contribution in [0.1, 0.15) is 40.3 Å². The zero-order valence-electron chi connectivity index (χ0n) is 20.9. The number of esters is 1. The van der Waals surface area contributed by atoms with Gasteiger partial charge < -0.3 is 25.0 Å². The lowest BCUT2D eigenvalue weighted by molar-refractivity contribution is -0.148. The lowest BCUT2D eigenvalue weighted by atomic mass is 10.1. The van der Waals surface area contributed by atoms with Crippen LogP contribution in [0, 0.1) is 5.92 Å². The topological polar surface area (TPSA) is 184 Å². The molecule has 36 heavy (non-hydrogen) atoms. The van der Waals surface area contributed by atoms with Gasteiger partial charge in [0.1, 0.15) is 18.3 Å². The Kier molecular flexibility index (Phi) is 11.6. The Morgan fingerprint density at radius 2 is 2.00 bits per heavy atom. The highest BCUT2D eigenvalue weighted by molar-refractivity contribution is 8.54. The lowest BCUT2D eigenvalue weighted by Crippen LogP contribution is -2.33. The Hall–Kier alpha value is -2.25. The van der Waals surface area contributed by atoms with Crippen LogP contribution >= 0.6 is 18.7 Å². The van der Waals surface area contributed by atoms with Crippen LogP contribution in [0.15, 0.2) is 21.9 Å². The van der Waals surface area contributed by atoms with Crippen LogP contribution in [-0.2, 0) is 23.6 Å². The number of nitrogens with one attached hydrogen (secondary N) is 3. The van der Waals surface area contributed by atoms with Crippen molar-refractivity contribution in [1.29, 1.82) is 0 Å². The second kappa shape index (κ2) is 13.9. The summed E-state index contributed by atoms with van der Waals surface area (Å²) in [6.07, 6.45) is 1.49. The maximum Gasteiger partial charge on any atom is 0.330 e. The van der Waals surface area contributed by atoms with Crippen molar-refractivity contribution in [2.24, 2.45) is 11.7 Å². The van der Waals surface area contributed by atoms with Gasteiger partial charge in [-0.15, -0.1) is 11.4 Å². The van der Waals surface area contributed by atoms with Gasteiger partial charge in [0, 0.05) is 23.9 Å². The maximum absolute atomic E-state index is 11.9. The van der Waals surface area contributed by atoms with Gasteiger partial charge in [-0.2, -0.15) is 0 Å². The number of rotatable bonds is 9. The average Bonchev–Trinajstić information content (AvgIpc) is 3.31. The van der Waals surface area contributed by atoms with E-state index in [0.29, 0.717) is 12.4 Å². The van der Waals surface area contributed by atoms with Crippen LogP contribution in [0.25, 0.3) is 0 Å². The summed E-state index contributed by atoms with van der Waals surface area (Å²) in [5.74, 6) is -0.129. The summed E-state index contributed by atoms with van der Waals surface area (Å²) in [7, 11) is -0.850. The number of nitrogens with two attached hydrogens (primary N) is 1. The number of H-pyrrole nitrogens is 1. The molecule has 3 amide bonds. The summed E-state index contributed by atoms with van der Waals surface area (Å²) in [4.78, 5) is 58.6. The van der Waals surface area contributed by atoms with E-state index in [1.807, 2.05) is 13.6 Å². The van der Waals surface area contributed by atoms with Gasteiger partial charge in [0.05, 0.1) is 26.2 Å². The Balaban J connectivity index is 0.000000434. The minimum Gasteiger partial charge on any atom is -0.462 e. The number of carbonyl (C=O) groups is 3. The van der Waals surface area contributed by atoms with E-state index in [-0.39, 0.29) is 30.0 Å². The number of carbonyl (C=O) groups excluding carboxylic acids is 3. The summed E-state index contributed by atoms with van der Waals surface area (Å²) >= 11 is 1.48. The first-order valence-electron chi connectivity index (χ1n) is 11.4. The number of amides is 3. The molecule has 2 saturated heterocycles. The Labute approximate surface area is 213 Å². The van der Waals surface area contributed by atoms with Crippen molar-refractivity contribution < 1.29 is 28.4 Å². The zero-order chi connectivity index (χ0) is 27.0. The lowest BCUT2D eigenvalue weighted by Gasteiger charge is -2.19. The zero-order valence-corrected chi connectivity index (χ0v) is 22.6. The van der Waals surface area contributed by atoms with Crippen LogP contribution in [0.4, 0.5) is 4.79 Å². The van der Waals surface area contributed by atoms with Gasteiger partial charge in [0.25, 0.3) is 11.5 Å². The van der Waals surface area contributed by atoms with E-state index >= 15 is 0 Å². The standard InChI is InChI=1S/C15H21N4O6PS.C6H13NO2/c1-8-5-9(25-13(8)19-4-3-11(20)17-15(19)23)6-24-26(2)27-7-10-12(21)18-14(22)16-10;1-4(2)9-6(8)5(3)7/h3-4,8-10,13H,5-7H2,1-2H3,(H,17,20,23)(H2,16,18,21,22);4-5H,7H2,1-3H3/t8?,9?,10-,13+,26?;/m0./s1. The molecule has 0 aromatic carbocycles. The first-order valence-corrected chi connectivity index (χ1v) is 14.7. The monoisotopic (exact) mass is 547 g/mol. The molecule has 0 aliphatic carbocycles. The Morgan fingerprint density at radius 1 is 1.31 bits per heavy atom. The van der Waals surface area contributed by atoms with E-state index in [0.717, 1.165) is 6.42 Å². The molecule has 0 radical (unpaired) electrons. The number of imide groups is 1. The van der Waals surface area contributed by atoms with Crippen LogP contribution < -0.4 is 27.6 Å². The van der Waals surface area contributed by atoms with Crippen molar-refractivity contribution in [3.05, 3.63) is 33.1 Å². The number of ether oxygens (including phenoxy) is 2. The third kappa shape index (κ3) is 9.32. The molecular formula is C21H34N5O8PS. The van der Waals surface area contributed by atoms with Gasteiger partial charge in [-0.3, -0.25) is 29.3 Å². The molecule has 0 saturated carbocycles. The van der Waals surface area contributed by atoms with Crippen molar-refractivity contribution in [1.82, 2.24) is 20.2 Å². The number of hydrogen-bond acceptors (Lipinski definition) is 10. The second-order valence-corrected chi connectivity index (χ2v) is 12.7. The number of nitrogens with zero attached hydrogens (tertiary/aromatic N) is 1.